The average Bonchev–Trinajstić information content (AvgIpc) is 2.44. The van der Waals surface area contributed by atoms with Gasteiger partial charge in [-0.05, 0) is 24.5 Å². The van der Waals surface area contributed by atoms with Crippen molar-refractivity contribution in [3.05, 3.63) is 30.3 Å². The molecule has 1 aromatic rings. The van der Waals surface area contributed by atoms with Gasteiger partial charge in [0, 0.05) is 25.3 Å². The van der Waals surface area contributed by atoms with Crippen molar-refractivity contribution in [3.63, 3.8) is 0 Å². The molecule has 0 heterocycles. The summed E-state index contributed by atoms with van der Waals surface area (Å²) in [5.74, 6) is 0.350. The fourth-order valence-corrected chi connectivity index (χ4v) is 1.63. The van der Waals surface area contributed by atoms with Gasteiger partial charge in [-0.1, -0.05) is 32.0 Å². The zero-order chi connectivity index (χ0) is 14.6. The van der Waals surface area contributed by atoms with Crippen molar-refractivity contribution in [3.8, 4) is 0 Å². The van der Waals surface area contributed by atoms with Crippen LogP contribution >= 0.6 is 0 Å². The summed E-state index contributed by atoms with van der Waals surface area (Å²) >= 11 is 0. The lowest BCUT2D eigenvalue weighted by atomic mass is 10.2. The summed E-state index contributed by atoms with van der Waals surface area (Å²) in [7, 11) is 0. The van der Waals surface area contributed by atoms with E-state index in [9.17, 15) is 4.79 Å². The van der Waals surface area contributed by atoms with Gasteiger partial charge in [0.1, 0.15) is 6.61 Å². The summed E-state index contributed by atoms with van der Waals surface area (Å²) in [6.45, 7) is 6.48. The highest BCUT2D eigenvalue weighted by Gasteiger charge is 2.02. The second kappa shape index (κ2) is 10.3. The molecule has 112 valence electrons. The van der Waals surface area contributed by atoms with Crippen molar-refractivity contribution >= 4 is 11.7 Å². The molecule has 0 aliphatic carbocycles. The number of carbonyl (C=O) groups is 1. The molecule has 0 aliphatic rings. The Morgan fingerprint density at radius 2 is 1.95 bits per heavy atom. The van der Waals surface area contributed by atoms with E-state index in [1.807, 2.05) is 30.3 Å². The zero-order valence-electron chi connectivity index (χ0n) is 12.4. The van der Waals surface area contributed by atoms with Crippen molar-refractivity contribution in [2.45, 2.75) is 26.7 Å². The number of anilines is 1. The third-order valence-electron chi connectivity index (χ3n) is 2.60. The Morgan fingerprint density at radius 1 is 1.20 bits per heavy atom. The van der Waals surface area contributed by atoms with Crippen LogP contribution in [0.1, 0.15) is 26.7 Å². The lowest BCUT2D eigenvalue weighted by Crippen LogP contribution is -2.13. The number of hydrogen-bond acceptors (Lipinski definition) is 4. The Hall–Kier alpha value is -1.55. The fourth-order valence-electron chi connectivity index (χ4n) is 1.63. The molecule has 0 aromatic heterocycles. The van der Waals surface area contributed by atoms with Gasteiger partial charge in [0.25, 0.3) is 0 Å². The predicted molar refractivity (Wildman–Crippen MR) is 80.8 cm³/mol. The first-order valence-electron chi connectivity index (χ1n) is 7.21. The number of para-hydroxylation sites is 1. The van der Waals surface area contributed by atoms with E-state index in [0.29, 0.717) is 32.2 Å². The van der Waals surface area contributed by atoms with Gasteiger partial charge in [0.05, 0.1) is 6.61 Å². The van der Waals surface area contributed by atoms with E-state index in [2.05, 4.69) is 19.2 Å². The summed E-state index contributed by atoms with van der Waals surface area (Å²) in [6, 6.07) is 9.94. The van der Waals surface area contributed by atoms with Gasteiger partial charge >= 0.3 is 5.97 Å². The van der Waals surface area contributed by atoms with Gasteiger partial charge in [0.15, 0.2) is 0 Å². The molecule has 4 heteroatoms. The van der Waals surface area contributed by atoms with Gasteiger partial charge < -0.3 is 14.8 Å². The molecule has 4 nitrogen and oxygen atoms in total. The Bertz CT molecular complexity index is 365. The Labute approximate surface area is 121 Å². The largest absolute Gasteiger partial charge is 0.463 e. The second-order valence-electron chi connectivity index (χ2n) is 5.09. The van der Waals surface area contributed by atoms with Crippen molar-refractivity contribution in [1.82, 2.24) is 0 Å². The number of benzene rings is 1. The molecule has 0 bridgehead atoms. The lowest BCUT2D eigenvalue weighted by Gasteiger charge is -2.08. The molecule has 0 amide bonds. The third kappa shape index (κ3) is 8.53. The van der Waals surface area contributed by atoms with Crippen LogP contribution in [0, 0.1) is 5.92 Å². The summed E-state index contributed by atoms with van der Waals surface area (Å²) in [5.41, 5.74) is 1.07. The van der Waals surface area contributed by atoms with E-state index in [-0.39, 0.29) is 5.97 Å². The molecule has 0 unspecified atom stereocenters. The molecule has 1 rings (SSSR count). The Morgan fingerprint density at radius 3 is 2.65 bits per heavy atom. The molecule has 0 atom stereocenters. The second-order valence-corrected chi connectivity index (χ2v) is 5.09. The van der Waals surface area contributed by atoms with Crippen molar-refractivity contribution in [2.75, 3.05) is 31.7 Å². The molecule has 1 aromatic carbocycles. The van der Waals surface area contributed by atoms with Gasteiger partial charge in [-0.15, -0.1) is 0 Å². The first kappa shape index (κ1) is 16.5. The minimum Gasteiger partial charge on any atom is -0.463 e. The summed E-state index contributed by atoms with van der Waals surface area (Å²) in [6.07, 6.45) is 1.20. The maximum Gasteiger partial charge on any atom is 0.305 e. The summed E-state index contributed by atoms with van der Waals surface area (Å²) < 4.78 is 10.4. The highest BCUT2D eigenvalue weighted by molar-refractivity contribution is 5.69. The zero-order valence-corrected chi connectivity index (χ0v) is 12.4. The predicted octanol–water partition coefficient (Wildman–Crippen LogP) is 3.09. The van der Waals surface area contributed by atoms with E-state index in [4.69, 9.17) is 9.47 Å². The average molecular weight is 279 g/mol. The Kier molecular flexibility index (Phi) is 8.47. The van der Waals surface area contributed by atoms with Crippen LogP contribution in [0.3, 0.4) is 0 Å². The standard InChI is InChI=1S/C16H25NO3/c1-14(2)13-19-11-12-20-16(18)9-6-10-17-15-7-4-3-5-8-15/h3-5,7-8,14,17H,6,9-13H2,1-2H3. The number of hydrogen-bond donors (Lipinski definition) is 1. The summed E-state index contributed by atoms with van der Waals surface area (Å²) in [5, 5.41) is 3.26. The van der Waals surface area contributed by atoms with Crippen LogP contribution < -0.4 is 5.32 Å². The topological polar surface area (TPSA) is 47.6 Å². The molecule has 0 radical (unpaired) electrons. The van der Waals surface area contributed by atoms with Crippen molar-refractivity contribution in [2.24, 2.45) is 5.92 Å². The van der Waals surface area contributed by atoms with Gasteiger partial charge in [-0.2, -0.15) is 0 Å². The van der Waals surface area contributed by atoms with Crippen molar-refractivity contribution in [1.29, 1.82) is 0 Å². The molecule has 0 fully saturated rings. The lowest BCUT2D eigenvalue weighted by molar-refractivity contribution is -0.145. The van der Waals surface area contributed by atoms with Crippen LogP contribution in [-0.4, -0.2) is 32.3 Å². The van der Waals surface area contributed by atoms with E-state index >= 15 is 0 Å². The molecule has 0 spiro atoms. The SMILES string of the molecule is CC(C)COCCOC(=O)CCCNc1ccccc1. The maximum atomic E-state index is 11.4. The molecule has 1 N–H and O–H groups in total. The van der Waals surface area contributed by atoms with E-state index in [1.54, 1.807) is 0 Å². The first-order valence-corrected chi connectivity index (χ1v) is 7.21. The number of nitrogens with one attached hydrogen (secondary N) is 1. The molecule has 0 saturated carbocycles. The molecular formula is C16H25NO3. The number of ether oxygens (including phenoxy) is 2. The van der Waals surface area contributed by atoms with Gasteiger partial charge in [-0.3, -0.25) is 4.79 Å². The van der Waals surface area contributed by atoms with Gasteiger partial charge in [-0.25, -0.2) is 0 Å². The highest BCUT2D eigenvalue weighted by atomic mass is 16.6. The minimum absolute atomic E-state index is 0.159. The monoisotopic (exact) mass is 279 g/mol. The Balaban J connectivity index is 1.95. The number of carbonyl (C=O) groups excluding carboxylic acids is 1. The van der Waals surface area contributed by atoms with Crippen LogP contribution in [-0.2, 0) is 14.3 Å². The van der Waals surface area contributed by atoms with Crippen LogP contribution in [0.25, 0.3) is 0 Å². The maximum absolute atomic E-state index is 11.4. The third-order valence-corrected chi connectivity index (χ3v) is 2.60. The molecule has 0 saturated heterocycles. The van der Waals surface area contributed by atoms with Crippen LogP contribution in [0.5, 0.6) is 0 Å². The highest BCUT2D eigenvalue weighted by Crippen LogP contribution is 2.05. The van der Waals surface area contributed by atoms with Crippen LogP contribution in [0.4, 0.5) is 5.69 Å². The molecular weight excluding hydrogens is 254 g/mol. The van der Waals surface area contributed by atoms with Crippen LogP contribution in [0.15, 0.2) is 30.3 Å². The first-order chi connectivity index (χ1) is 9.68. The van der Waals surface area contributed by atoms with E-state index < -0.39 is 0 Å². The fraction of sp³-hybridized carbons (Fsp3) is 0.562. The smallest absolute Gasteiger partial charge is 0.305 e. The van der Waals surface area contributed by atoms with Gasteiger partial charge in [0.2, 0.25) is 0 Å². The van der Waals surface area contributed by atoms with E-state index in [0.717, 1.165) is 18.7 Å². The van der Waals surface area contributed by atoms with Crippen LogP contribution in [0.2, 0.25) is 0 Å². The summed E-state index contributed by atoms with van der Waals surface area (Å²) in [4.78, 5) is 11.4. The van der Waals surface area contributed by atoms with E-state index in [1.165, 1.54) is 0 Å². The molecule has 0 aliphatic heterocycles. The number of esters is 1. The van der Waals surface area contributed by atoms with Crippen molar-refractivity contribution < 1.29 is 14.3 Å². The number of rotatable bonds is 10. The molecule has 20 heavy (non-hydrogen) atoms. The minimum atomic E-state index is -0.159. The quantitative estimate of drug-likeness (QED) is 0.528. The normalized spacial score (nSPS) is 10.6.